The summed E-state index contributed by atoms with van der Waals surface area (Å²) in [6.45, 7) is 2.18. The second-order valence-electron chi connectivity index (χ2n) is 6.08. The number of hydrogen-bond acceptors (Lipinski definition) is 2. The topological polar surface area (TPSA) is 26.0 Å². The molecular weight excluding hydrogens is 214 g/mol. The molecule has 0 radical (unpaired) electrons. The zero-order valence-electron chi connectivity index (χ0n) is 9.73. The van der Waals surface area contributed by atoms with Crippen molar-refractivity contribution >= 4 is 11.3 Å². The standard InChI is InChI=1S/C14H19NS/c1-7-4-10(6-16-7)14(15)13-11-8-2-3-9(5-8)12(11)13/h4,6,8-9,11-14H,2-3,5,15H2,1H3. The first-order valence-electron chi connectivity index (χ1n) is 6.56. The molecule has 4 rings (SSSR count). The van der Waals surface area contributed by atoms with E-state index in [4.69, 9.17) is 5.73 Å². The highest BCUT2D eigenvalue weighted by Crippen LogP contribution is 2.71. The van der Waals surface area contributed by atoms with Gasteiger partial charge in [-0.15, -0.1) is 11.3 Å². The monoisotopic (exact) mass is 233 g/mol. The van der Waals surface area contributed by atoms with Gasteiger partial charge in [0.25, 0.3) is 0 Å². The third-order valence-electron chi connectivity index (χ3n) is 5.35. The van der Waals surface area contributed by atoms with E-state index < -0.39 is 0 Å². The molecule has 5 atom stereocenters. The third kappa shape index (κ3) is 1.15. The quantitative estimate of drug-likeness (QED) is 0.833. The summed E-state index contributed by atoms with van der Waals surface area (Å²) >= 11 is 1.84. The third-order valence-corrected chi connectivity index (χ3v) is 6.22. The van der Waals surface area contributed by atoms with E-state index in [1.165, 1.54) is 29.7 Å². The second-order valence-corrected chi connectivity index (χ2v) is 7.20. The van der Waals surface area contributed by atoms with E-state index in [0.717, 1.165) is 29.6 Å². The molecule has 1 nitrogen and oxygen atoms in total. The molecule has 2 heteroatoms. The molecule has 0 amide bonds. The molecule has 2 N–H and O–H groups in total. The smallest absolute Gasteiger partial charge is 0.0337 e. The molecule has 3 aliphatic rings. The zero-order chi connectivity index (χ0) is 10.9. The van der Waals surface area contributed by atoms with E-state index in [-0.39, 0.29) is 0 Å². The molecule has 2 bridgehead atoms. The van der Waals surface area contributed by atoms with Crippen LogP contribution in [0, 0.1) is 36.5 Å². The van der Waals surface area contributed by atoms with Gasteiger partial charge in [-0.1, -0.05) is 0 Å². The van der Waals surface area contributed by atoms with Gasteiger partial charge in [0.15, 0.2) is 0 Å². The van der Waals surface area contributed by atoms with Gasteiger partial charge in [0, 0.05) is 10.9 Å². The predicted octanol–water partition coefficient (Wildman–Crippen LogP) is 3.35. The van der Waals surface area contributed by atoms with Crippen molar-refractivity contribution in [2.24, 2.45) is 35.3 Å². The average molecular weight is 233 g/mol. The van der Waals surface area contributed by atoms with Crippen molar-refractivity contribution in [2.75, 3.05) is 0 Å². The van der Waals surface area contributed by atoms with Crippen molar-refractivity contribution in [1.29, 1.82) is 0 Å². The Morgan fingerprint density at radius 1 is 1.31 bits per heavy atom. The number of nitrogens with two attached hydrogens (primary N) is 1. The van der Waals surface area contributed by atoms with Gasteiger partial charge in [-0.2, -0.15) is 0 Å². The van der Waals surface area contributed by atoms with Gasteiger partial charge in [-0.05, 0) is 72.8 Å². The molecule has 86 valence electrons. The van der Waals surface area contributed by atoms with Crippen molar-refractivity contribution in [3.05, 3.63) is 21.9 Å². The van der Waals surface area contributed by atoms with Gasteiger partial charge in [0.1, 0.15) is 0 Å². The Balaban J connectivity index is 1.57. The highest BCUT2D eigenvalue weighted by Gasteiger charge is 2.66. The highest BCUT2D eigenvalue weighted by atomic mass is 32.1. The molecule has 0 saturated heterocycles. The summed E-state index contributed by atoms with van der Waals surface area (Å²) < 4.78 is 0. The average Bonchev–Trinajstić information content (AvgIpc) is 2.68. The highest BCUT2D eigenvalue weighted by molar-refractivity contribution is 7.10. The first-order valence-corrected chi connectivity index (χ1v) is 7.44. The Kier molecular flexibility index (Phi) is 1.88. The molecule has 1 heterocycles. The minimum Gasteiger partial charge on any atom is -0.324 e. The first kappa shape index (κ1) is 9.67. The minimum atomic E-state index is 0.336. The van der Waals surface area contributed by atoms with Crippen LogP contribution in [0.1, 0.15) is 35.7 Å². The van der Waals surface area contributed by atoms with Gasteiger partial charge < -0.3 is 5.73 Å². The number of hydrogen-bond donors (Lipinski definition) is 1. The van der Waals surface area contributed by atoms with E-state index in [1.807, 2.05) is 11.3 Å². The van der Waals surface area contributed by atoms with Crippen LogP contribution in [0.4, 0.5) is 0 Å². The largest absolute Gasteiger partial charge is 0.324 e. The molecule has 1 aromatic rings. The Morgan fingerprint density at radius 2 is 2.00 bits per heavy atom. The van der Waals surface area contributed by atoms with Crippen molar-refractivity contribution in [2.45, 2.75) is 32.2 Å². The van der Waals surface area contributed by atoms with E-state index >= 15 is 0 Å². The lowest BCUT2D eigenvalue weighted by atomic mass is 9.95. The van der Waals surface area contributed by atoms with Crippen LogP contribution >= 0.6 is 11.3 Å². The summed E-state index contributed by atoms with van der Waals surface area (Å²) in [5.74, 6) is 4.94. The van der Waals surface area contributed by atoms with Crippen LogP contribution in [0.5, 0.6) is 0 Å². The Morgan fingerprint density at radius 3 is 2.56 bits per heavy atom. The normalized spacial score (nSPS) is 45.8. The summed E-state index contributed by atoms with van der Waals surface area (Å²) in [5.41, 5.74) is 7.87. The Hall–Kier alpha value is -0.340. The summed E-state index contributed by atoms with van der Waals surface area (Å²) in [7, 11) is 0. The van der Waals surface area contributed by atoms with Crippen molar-refractivity contribution in [3.8, 4) is 0 Å². The number of aryl methyl sites for hydroxylation is 1. The van der Waals surface area contributed by atoms with E-state index in [0.29, 0.717) is 6.04 Å². The van der Waals surface area contributed by atoms with Crippen molar-refractivity contribution in [1.82, 2.24) is 0 Å². The van der Waals surface area contributed by atoms with Crippen molar-refractivity contribution < 1.29 is 0 Å². The fourth-order valence-electron chi connectivity index (χ4n) is 4.73. The fraction of sp³-hybridized carbons (Fsp3) is 0.714. The van der Waals surface area contributed by atoms with Gasteiger partial charge >= 0.3 is 0 Å². The SMILES string of the molecule is Cc1cc(C(N)C2C3C4CCC(C4)C32)cs1. The van der Waals surface area contributed by atoms with Crippen LogP contribution < -0.4 is 5.73 Å². The van der Waals surface area contributed by atoms with Crippen molar-refractivity contribution in [3.63, 3.8) is 0 Å². The minimum absolute atomic E-state index is 0.336. The Labute approximate surface area is 101 Å². The van der Waals surface area contributed by atoms with E-state index in [9.17, 15) is 0 Å². The van der Waals surface area contributed by atoms with Crippen LogP contribution in [0.2, 0.25) is 0 Å². The lowest BCUT2D eigenvalue weighted by Crippen LogP contribution is -2.16. The lowest BCUT2D eigenvalue weighted by Gasteiger charge is -2.14. The summed E-state index contributed by atoms with van der Waals surface area (Å²) in [5, 5.41) is 2.27. The summed E-state index contributed by atoms with van der Waals surface area (Å²) in [6.07, 6.45) is 4.52. The molecule has 0 aromatic carbocycles. The first-order chi connectivity index (χ1) is 7.75. The number of rotatable bonds is 2. The van der Waals surface area contributed by atoms with Crippen LogP contribution in [0.15, 0.2) is 11.4 Å². The van der Waals surface area contributed by atoms with Gasteiger partial charge in [-0.3, -0.25) is 0 Å². The molecular formula is C14H19NS. The maximum Gasteiger partial charge on any atom is 0.0337 e. The predicted molar refractivity (Wildman–Crippen MR) is 67.3 cm³/mol. The molecule has 5 unspecified atom stereocenters. The molecule has 0 aliphatic heterocycles. The second kappa shape index (κ2) is 3.11. The number of thiophene rings is 1. The molecule has 16 heavy (non-hydrogen) atoms. The molecule has 3 fully saturated rings. The van der Waals surface area contributed by atoms with Gasteiger partial charge in [-0.25, -0.2) is 0 Å². The fourth-order valence-corrected chi connectivity index (χ4v) is 5.48. The van der Waals surface area contributed by atoms with E-state index in [1.54, 1.807) is 0 Å². The van der Waals surface area contributed by atoms with Crippen LogP contribution in [0.25, 0.3) is 0 Å². The maximum absolute atomic E-state index is 6.46. The Bertz CT molecular complexity index is 408. The van der Waals surface area contributed by atoms with E-state index in [2.05, 4.69) is 18.4 Å². The molecule has 0 spiro atoms. The van der Waals surface area contributed by atoms with Crippen LogP contribution in [0.3, 0.4) is 0 Å². The summed E-state index contributed by atoms with van der Waals surface area (Å²) in [6, 6.07) is 2.63. The maximum atomic E-state index is 6.46. The van der Waals surface area contributed by atoms with Gasteiger partial charge in [0.2, 0.25) is 0 Å². The molecule has 3 saturated carbocycles. The number of fused-ring (bicyclic) bond motifs is 5. The molecule has 3 aliphatic carbocycles. The summed E-state index contributed by atoms with van der Waals surface area (Å²) in [4.78, 5) is 1.40. The zero-order valence-corrected chi connectivity index (χ0v) is 10.5. The van der Waals surface area contributed by atoms with Crippen LogP contribution in [-0.4, -0.2) is 0 Å². The van der Waals surface area contributed by atoms with Crippen LogP contribution in [-0.2, 0) is 0 Å². The molecule has 1 aromatic heterocycles. The van der Waals surface area contributed by atoms with Gasteiger partial charge in [0.05, 0.1) is 0 Å². The lowest BCUT2D eigenvalue weighted by molar-refractivity contribution is 0.418.